The van der Waals surface area contributed by atoms with Gasteiger partial charge in [-0.3, -0.25) is 4.31 Å². The van der Waals surface area contributed by atoms with Crippen LogP contribution < -0.4 is 9.04 Å². The molecule has 0 saturated carbocycles. The van der Waals surface area contributed by atoms with Crippen LogP contribution in [-0.2, 0) is 10.2 Å². The van der Waals surface area contributed by atoms with Gasteiger partial charge in [-0.05, 0) is 18.2 Å². The third-order valence-corrected chi connectivity index (χ3v) is 4.58. The van der Waals surface area contributed by atoms with E-state index >= 15 is 0 Å². The van der Waals surface area contributed by atoms with Gasteiger partial charge in [0.1, 0.15) is 12.4 Å². The van der Waals surface area contributed by atoms with Gasteiger partial charge < -0.3 is 4.74 Å². The fourth-order valence-electron chi connectivity index (χ4n) is 1.60. The van der Waals surface area contributed by atoms with E-state index in [0.29, 0.717) is 23.1 Å². The zero-order chi connectivity index (χ0) is 12.6. The molecule has 0 spiro atoms. The number of fused-ring (bicyclic) bond motifs is 1. The van der Waals surface area contributed by atoms with Crippen LogP contribution >= 0.6 is 11.6 Å². The van der Waals surface area contributed by atoms with Crippen molar-refractivity contribution in [1.29, 1.82) is 0 Å². The molecule has 0 saturated heterocycles. The lowest BCUT2D eigenvalue weighted by Gasteiger charge is -2.32. The van der Waals surface area contributed by atoms with Gasteiger partial charge in [-0.25, -0.2) is 0 Å². The summed E-state index contributed by atoms with van der Waals surface area (Å²) in [4.78, 5) is 0. The quantitative estimate of drug-likeness (QED) is 0.819. The molecule has 0 unspecified atom stereocenters. The highest BCUT2D eigenvalue weighted by atomic mass is 35.5. The molecule has 1 aliphatic rings. The monoisotopic (exact) mass is 276 g/mol. The molecule has 7 heteroatoms. The van der Waals surface area contributed by atoms with Gasteiger partial charge in [0.15, 0.2) is 0 Å². The van der Waals surface area contributed by atoms with Crippen molar-refractivity contribution in [3.63, 3.8) is 0 Å². The van der Waals surface area contributed by atoms with E-state index in [1.54, 1.807) is 18.2 Å². The average molecular weight is 277 g/mol. The van der Waals surface area contributed by atoms with Crippen molar-refractivity contribution in [2.45, 2.75) is 0 Å². The van der Waals surface area contributed by atoms with Crippen LogP contribution in [0.2, 0.25) is 5.02 Å². The second-order valence-corrected chi connectivity index (χ2v) is 6.33. The lowest BCUT2D eigenvalue weighted by molar-refractivity contribution is 0.314. The van der Waals surface area contributed by atoms with Crippen LogP contribution in [0.3, 0.4) is 0 Å². The van der Waals surface area contributed by atoms with Crippen molar-refractivity contribution in [3.05, 3.63) is 23.2 Å². The second kappa shape index (κ2) is 4.36. The molecule has 1 aromatic rings. The van der Waals surface area contributed by atoms with Gasteiger partial charge in [0, 0.05) is 19.1 Å². The van der Waals surface area contributed by atoms with Gasteiger partial charge >= 0.3 is 10.2 Å². The SMILES string of the molecule is CN(C)S(=O)(=O)N1CCOc2ccc(Cl)cc21. The maximum Gasteiger partial charge on any atom is 0.303 e. The molecule has 1 heterocycles. The van der Waals surface area contributed by atoms with Crippen LogP contribution in [0.4, 0.5) is 5.69 Å². The molecule has 94 valence electrons. The molecule has 1 aromatic carbocycles. The molecule has 0 atom stereocenters. The predicted octanol–water partition coefficient (Wildman–Crippen LogP) is 1.35. The Labute approximate surface area is 106 Å². The summed E-state index contributed by atoms with van der Waals surface area (Å²) in [6.45, 7) is 0.621. The number of anilines is 1. The van der Waals surface area contributed by atoms with Crippen molar-refractivity contribution < 1.29 is 13.2 Å². The number of hydrogen-bond donors (Lipinski definition) is 0. The van der Waals surface area contributed by atoms with E-state index in [1.165, 1.54) is 22.7 Å². The van der Waals surface area contributed by atoms with Crippen LogP contribution in [0.25, 0.3) is 0 Å². The number of nitrogens with zero attached hydrogens (tertiary/aromatic N) is 2. The lowest BCUT2D eigenvalue weighted by Crippen LogP contribution is -2.44. The number of halogens is 1. The summed E-state index contributed by atoms with van der Waals surface area (Å²) < 4.78 is 32.1. The highest BCUT2D eigenvalue weighted by Crippen LogP contribution is 2.35. The largest absolute Gasteiger partial charge is 0.489 e. The fourth-order valence-corrected chi connectivity index (χ4v) is 2.86. The van der Waals surface area contributed by atoms with Crippen molar-refractivity contribution >= 4 is 27.5 Å². The predicted molar refractivity (Wildman–Crippen MR) is 66.9 cm³/mol. The summed E-state index contributed by atoms with van der Waals surface area (Å²) in [5, 5.41) is 0.480. The fraction of sp³-hybridized carbons (Fsp3) is 0.400. The smallest absolute Gasteiger partial charge is 0.303 e. The third-order valence-electron chi connectivity index (χ3n) is 2.48. The average Bonchev–Trinajstić information content (AvgIpc) is 2.27. The van der Waals surface area contributed by atoms with Gasteiger partial charge in [-0.1, -0.05) is 11.6 Å². The van der Waals surface area contributed by atoms with E-state index in [0.717, 1.165) is 0 Å². The number of benzene rings is 1. The molecule has 1 aliphatic heterocycles. The van der Waals surface area contributed by atoms with Crippen molar-refractivity contribution in [1.82, 2.24) is 4.31 Å². The maximum atomic E-state index is 12.1. The van der Waals surface area contributed by atoms with Crippen LogP contribution in [0.5, 0.6) is 5.75 Å². The Morgan fingerprint density at radius 3 is 2.76 bits per heavy atom. The van der Waals surface area contributed by atoms with Crippen molar-refractivity contribution in [2.24, 2.45) is 0 Å². The normalized spacial score (nSPS) is 15.6. The molecule has 0 amide bonds. The summed E-state index contributed by atoms with van der Waals surface area (Å²) in [7, 11) is -0.512. The first-order valence-electron chi connectivity index (χ1n) is 5.05. The highest BCUT2D eigenvalue weighted by molar-refractivity contribution is 7.90. The molecule has 5 nitrogen and oxygen atoms in total. The first-order chi connectivity index (χ1) is 7.93. The minimum Gasteiger partial charge on any atom is -0.489 e. The molecule has 0 N–H and O–H groups in total. The molecule has 17 heavy (non-hydrogen) atoms. The van der Waals surface area contributed by atoms with E-state index < -0.39 is 10.2 Å². The summed E-state index contributed by atoms with van der Waals surface area (Å²) in [6, 6.07) is 4.94. The molecular weight excluding hydrogens is 264 g/mol. The van der Waals surface area contributed by atoms with Crippen LogP contribution in [-0.4, -0.2) is 40.0 Å². The summed E-state index contributed by atoms with van der Waals surface area (Å²) in [5.74, 6) is 0.533. The molecule has 0 bridgehead atoms. The number of hydrogen-bond acceptors (Lipinski definition) is 3. The Balaban J connectivity index is 2.52. The van der Waals surface area contributed by atoms with Crippen molar-refractivity contribution in [3.8, 4) is 5.75 Å². The molecule has 0 aliphatic carbocycles. The third kappa shape index (κ3) is 2.20. The summed E-state index contributed by atoms with van der Waals surface area (Å²) in [5.41, 5.74) is 0.484. The highest BCUT2D eigenvalue weighted by Gasteiger charge is 2.30. The standard InChI is InChI=1S/C10H13ClN2O3S/c1-12(2)17(14,15)13-5-6-16-10-4-3-8(11)7-9(10)13/h3-4,7H,5-6H2,1-2H3. The Morgan fingerprint density at radius 1 is 1.41 bits per heavy atom. The van der Waals surface area contributed by atoms with E-state index in [2.05, 4.69) is 0 Å². The van der Waals surface area contributed by atoms with Gasteiger partial charge in [0.25, 0.3) is 0 Å². The Morgan fingerprint density at radius 2 is 2.12 bits per heavy atom. The Hall–Kier alpha value is -0.980. The Kier molecular flexibility index (Phi) is 3.20. The zero-order valence-corrected chi connectivity index (χ0v) is 11.1. The first kappa shape index (κ1) is 12.5. The van der Waals surface area contributed by atoms with Gasteiger partial charge in [-0.15, -0.1) is 0 Å². The van der Waals surface area contributed by atoms with E-state index in [1.807, 2.05) is 0 Å². The Bertz CT molecular complexity index is 530. The van der Waals surface area contributed by atoms with Crippen LogP contribution in [0.15, 0.2) is 18.2 Å². The van der Waals surface area contributed by atoms with Gasteiger partial charge in [0.2, 0.25) is 0 Å². The van der Waals surface area contributed by atoms with Crippen LogP contribution in [0.1, 0.15) is 0 Å². The number of ether oxygens (including phenoxy) is 1. The van der Waals surface area contributed by atoms with E-state index in [9.17, 15) is 8.42 Å². The van der Waals surface area contributed by atoms with Crippen molar-refractivity contribution in [2.75, 3.05) is 31.6 Å². The molecule has 0 radical (unpaired) electrons. The van der Waals surface area contributed by atoms with Gasteiger partial charge in [-0.2, -0.15) is 12.7 Å². The van der Waals surface area contributed by atoms with Crippen LogP contribution in [0, 0.1) is 0 Å². The molecule has 0 aromatic heterocycles. The maximum absolute atomic E-state index is 12.1. The first-order valence-corrected chi connectivity index (χ1v) is 6.83. The molecular formula is C10H13ClN2O3S. The summed E-state index contributed by atoms with van der Waals surface area (Å²) in [6.07, 6.45) is 0. The van der Waals surface area contributed by atoms with E-state index in [4.69, 9.17) is 16.3 Å². The minimum atomic E-state index is -3.50. The second-order valence-electron chi connectivity index (χ2n) is 3.82. The zero-order valence-electron chi connectivity index (χ0n) is 9.55. The summed E-state index contributed by atoms with van der Waals surface area (Å²) >= 11 is 5.88. The minimum absolute atomic E-state index is 0.286. The van der Waals surface area contributed by atoms with Gasteiger partial charge in [0.05, 0.1) is 12.2 Å². The lowest BCUT2D eigenvalue weighted by atomic mass is 10.2. The number of rotatable bonds is 2. The van der Waals surface area contributed by atoms with E-state index in [-0.39, 0.29) is 6.54 Å². The molecule has 2 rings (SSSR count). The topological polar surface area (TPSA) is 49.9 Å². The molecule has 0 fully saturated rings.